The van der Waals surface area contributed by atoms with Gasteiger partial charge in [-0.1, -0.05) is 18.2 Å². The molecule has 116 valence electrons. The van der Waals surface area contributed by atoms with E-state index in [9.17, 15) is 4.79 Å². The lowest BCUT2D eigenvalue weighted by atomic mass is 9.94. The fourth-order valence-electron chi connectivity index (χ4n) is 2.81. The Morgan fingerprint density at radius 3 is 2.86 bits per heavy atom. The third kappa shape index (κ3) is 2.71. The third-order valence-corrected chi connectivity index (χ3v) is 4.48. The summed E-state index contributed by atoms with van der Waals surface area (Å²) in [5, 5.41) is 3.08. The van der Waals surface area contributed by atoms with Crippen LogP contribution in [0.5, 0.6) is 5.75 Å². The van der Waals surface area contributed by atoms with E-state index in [4.69, 9.17) is 4.74 Å². The van der Waals surface area contributed by atoms with Crippen molar-refractivity contribution in [2.24, 2.45) is 0 Å². The summed E-state index contributed by atoms with van der Waals surface area (Å²) in [4.78, 5) is 16.3. The van der Waals surface area contributed by atoms with E-state index >= 15 is 0 Å². The third-order valence-electron chi connectivity index (χ3n) is 4.48. The largest absolute Gasteiger partial charge is 0.496 e. The monoisotopic (exact) mass is 299 g/mol. The van der Waals surface area contributed by atoms with Gasteiger partial charge in [-0.3, -0.25) is 4.79 Å². The quantitative estimate of drug-likeness (QED) is 0.890. The second kappa shape index (κ2) is 5.83. The highest BCUT2D eigenvalue weighted by Gasteiger charge is 2.46. The summed E-state index contributed by atoms with van der Waals surface area (Å²) in [6, 6.07) is 7.81. The summed E-state index contributed by atoms with van der Waals surface area (Å²) in [5.74, 6) is 0.913. The average Bonchev–Trinajstić information content (AvgIpc) is 3.15. The second-order valence-electron chi connectivity index (χ2n) is 5.88. The smallest absolute Gasteiger partial charge is 0.242 e. The lowest BCUT2D eigenvalue weighted by Crippen LogP contribution is -2.36. The van der Waals surface area contributed by atoms with E-state index in [1.165, 1.54) is 5.56 Å². The van der Waals surface area contributed by atoms with E-state index in [-0.39, 0.29) is 17.4 Å². The molecule has 0 saturated heterocycles. The molecule has 5 nitrogen and oxygen atoms in total. The topological polar surface area (TPSA) is 56.1 Å². The molecule has 1 aromatic carbocycles. The Kier molecular flexibility index (Phi) is 3.88. The van der Waals surface area contributed by atoms with Crippen LogP contribution in [0.2, 0.25) is 0 Å². The van der Waals surface area contributed by atoms with Gasteiger partial charge in [-0.05, 0) is 25.8 Å². The fraction of sp³-hybridized carbons (Fsp3) is 0.412. The van der Waals surface area contributed by atoms with Gasteiger partial charge in [0.2, 0.25) is 5.91 Å². The van der Waals surface area contributed by atoms with Crippen LogP contribution >= 0.6 is 0 Å². The van der Waals surface area contributed by atoms with Gasteiger partial charge in [0.1, 0.15) is 11.8 Å². The summed E-state index contributed by atoms with van der Waals surface area (Å²) in [6.07, 6.45) is 7.30. The summed E-state index contributed by atoms with van der Waals surface area (Å²) in [5.41, 5.74) is 1.21. The number of methoxy groups -OCH3 is 1. The van der Waals surface area contributed by atoms with Crippen molar-refractivity contribution in [3.63, 3.8) is 0 Å². The zero-order valence-corrected chi connectivity index (χ0v) is 13.0. The molecule has 0 spiro atoms. The molecule has 1 fully saturated rings. The maximum absolute atomic E-state index is 12.3. The second-order valence-corrected chi connectivity index (χ2v) is 5.88. The van der Waals surface area contributed by atoms with Gasteiger partial charge >= 0.3 is 0 Å². The minimum absolute atomic E-state index is 0.0131. The fourth-order valence-corrected chi connectivity index (χ4v) is 2.81. The van der Waals surface area contributed by atoms with Crippen LogP contribution in [0.1, 0.15) is 31.4 Å². The number of hydrogen-bond acceptors (Lipinski definition) is 3. The van der Waals surface area contributed by atoms with Gasteiger partial charge in [-0.15, -0.1) is 0 Å². The summed E-state index contributed by atoms with van der Waals surface area (Å²) in [7, 11) is 1.69. The first-order chi connectivity index (χ1) is 10.7. The van der Waals surface area contributed by atoms with Crippen LogP contribution in [0.15, 0.2) is 43.0 Å². The van der Waals surface area contributed by atoms with E-state index in [1.54, 1.807) is 30.4 Å². The molecule has 1 aliphatic carbocycles. The Labute approximate surface area is 130 Å². The van der Waals surface area contributed by atoms with Crippen LogP contribution in [-0.2, 0) is 10.2 Å². The molecule has 22 heavy (non-hydrogen) atoms. The van der Waals surface area contributed by atoms with E-state index in [0.717, 1.165) is 18.6 Å². The number of carbonyl (C=O) groups is 1. The van der Waals surface area contributed by atoms with Gasteiger partial charge in [0, 0.05) is 29.9 Å². The molecule has 0 aliphatic heterocycles. The Hall–Kier alpha value is -2.30. The number of aromatic nitrogens is 2. The average molecular weight is 299 g/mol. The zero-order valence-electron chi connectivity index (χ0n) is 13.0. The normalized spacial score (nSPS) is 16.8. The maximum Gasteiger partial charge on any atom is 0.242 e. The van der Waals surface area contributed by atoms with Crippen molar-refractivity contribution in [3.8, 4) is 5.75 Å². The Morgan fingerprint density at radius 1 is 1.45 bits per heavy atom. The minimum atomic E-state index is -0.254. The van der Waals surface area contributed by atoms with E-state index < -0.39 is 0 Å². The number of rotatable bonds is 6. The van der Waals surface area contributed by atoms with Crippen LogP contribution in [-0.4, -0.2) is 29.1 Å². The van der Waals surface area contributed by atoms with Crippen molar-refractivity contribution < 1.29 is 9.53 Å². The molecule has 0 radical (unpaired) electrons. The molecule has 1 heterocycles. The van der Waals surface area contributed by atoms with Crippen molar-refractivity contribution >= 4 is 5.91 Å². The van der Waals surface area contributed by atoms with E-state index in [0.29, 0.717) is 6.54 Å². The van der Waals surface area contributed by atoms with E-state index in [2.05, 4.69) is 16.4 Å². The van der Waals surface area contributed by atoms with Gasteiger partial charge in [0.25, 0.3) is 0 Å². The Bertz CT molecular complexity index is 648. The van der Waals surface area contributed by atoms with Crippen LogP contribution in [0.4, 0.5) is 0 Å². The Balaban J connectivity index is 1.67. The molecule has 1 N–H and O–H groups in total. The summed E-state index contributed by atoms with van der Waals surface area (Å²) < 4.78 is 7.26. The number of hydrogen-bond donors (Lipinski definition) is 1. The number of benzene rings is 1. The molecular formula is C17H21N3O2. The molecule has 0 unspecified atom stereocenters. The van der Waals surface area contributed by atoms with Crippen molar-refractivity contribution in [1.29, 1.82) is 0 Å². The van der Waals surface area contributed by atoms with Gasteiger partial charge < -0.3 is 14.6 Å². The first-order valence-corrected chi connectivity index (χ1v) is 7.55. The van der Waals surface area contributed by atoms with Crippen molar-refractivity contribution in [2.75, 3.05) is 13.7 Å². The lowest BCUT2D eigenvalue weighted by Gasteiger charge is -2.21. The molecule has 5 heteroatoms. The van der Waals surface area contributed by atoms with Crippen LogP contribution in [0.3, 0.4) is 0 Å². The van der Waals surface area contributed by atoms with Crippen LogP contribution in [0, 0.1) is 0 Å². The van der Waals surface area contributed by atoms with Gasteiger partial charge in [0.15, 0.2) is 0 Å². The van der Waals surface area contributed by atoms with Gasteiger partial charge in [-0.25, -0.2) is 4.98 Å². The van der Waals surface area contributed by atoms with Gasteiger partial charge in [-0.2, -0.15) is 0 Å². The number of nitrogens with zero attached hydrogens (tertiary/aromatic N) is 2. The van der Waals surface area contributed by atoms with Crippen molar-refractivity contribution in [3.05, 3.63) is 48.5 Å². The molecule has 1 amide bonds. The minimum Gasteiger partial charge on any atom is -0.496 e. The number of amides is 1. The van der Waals surface area contributed by atoms with E-state index in [1.807, 2.05) is 25.1 Å². The predicted octanol–water partition coefficient (Wildman–Crippen LogP) is 2.30. The summed E-state index contributed by atoms with van der Waals surface area (Å²) >= 11 is 0. The molecule has 0 bridgehead atoms. The zero-order chi connectivity index (χ0) is 15.6. The first-order valence-electron chi connectivity index (χ1n) is 7.55. The molecule has 1 aliphatic rings. The molecule has 3 rings (SSSR count). The lowest BCUT2D eigenvalue weighted by molar-refractivity contribution is -0.124. The predicted molar refractivity (Wildman–Crippen MR) is 83.9 cm³/mol. The maximum atomic E-state index is 12.3. The standard InChI is InChI=1S/C17H21N3O2/c1-13(20-10-9-18-12-20)16(21)19-11-17(7-8-17)14-5-3-4-6-15(14)22-2/h3-6,9-10,12-13H,7-8,11H2,1-2H3,(H,19,21)/t13-/m1/s1. The van der Waals surface area contributed by atoms with Crippen molar-refractivity contribution in [2.45, 2.75) is 31.2 Å². The molecular weight excluding hydrogens is 278 g/mol. The highest BCUT2D eigenvalue weighted by Crippen LogP contribution is 2.50. The van der Waals surface area contributed by atoms with Crippen LogP contribution in [0.25, 0.3) is 0 Å². The van der Waals surface area contributed by atoms with Crippen molar-refractivity contribution in [1.82, 2.24) is 14.9 Å². The molecule has 1 aromatic heterocycles. The number of carbonyl (C=O) groups excluding carboxylic acids is 1. The first kappa shape index (κ1) is 14.6. The SMILES string of the molecule is COc1ccccc1C1(CNC(=O)[C@@H](C)n2ccnc2)CC1. The van der Waals surface area contributed by atoms with Gasteiger partial charge in [0.05, 0.1) is 13.4 Å². The highest BCUT2D eigenvalue weighted by molar-refractivity contribution is 5.80. The number of ether oxygens (including phenoxy) is 1. The number of nitrogens with one attached hydrogen (secondary N) is 1. The molecule has 2 aromatic rings. The van der Waals surface area contributed by atoms with Crippen LogP contribution < -0.4 is 10.1 Å². The summed E-state index contributed by atoms with van der Waals surface area (Å²) in [6.45, 7) is 2.52. The number of imidazole rings is 1. The highest BCUT2D eigenvalue weighted by atomic mass is 16.5. The molecule has 1 saturated carbocycles. The Morgan fingerprint density at radius 2 is 2.23 bits per heavy atom. The molecule has 1 atom stereocenters. The number of para-hydroxylation sites is 1.